The van der Waals surface area contributed by atoms with Gasteiger partial charge in [-0.2, -0.15) is 0 Å². The van der Waals surface area contributed by atoms with E-state index in [1.807, 2.05) is 0 Å². The zero-order chi connectivity index (χ0) is 17.9. The molecule has 0 saturated carbocycles. The van der Waals surface area contributed by atoms with Crippen molar-refractivity contribution in [3.8, 4) is 0 Å². The number of anilines is 1. The first kappa shape index (κ1) is 19.7. The molecule has 0 radical (unpaired) electrons. The lowest BCUT2D eigenvalue weighted by atomic mass is 10.1. The summed E-state index contributed by atoms with van der Waals surface area (Å²) in [6.45, 7) is 4.46. The van der Waals surface area contributed by atoms with Crippen molar-refractivity contribution >= 4 is 23.5 Å². The normalized spacial score (nSPS) is 10.1. The van der Waals surface area contributed by atoms with Crippen molar-refractivity contribution in [1.82, 2.24) is 5.32 Å². The summed E-state index contributed by atoms with van der Waals surface area (Å²) in [7, 11) is 1.31. The Morgan fingerprint density at radius 2 is 1.96 bits per heavy atom. The van der Waals surface area contributed by atoms with Crippen LogP contribution < -0.4 is 10.2 Å². The van der Waals surface area contributed by atoms with Crippen LogP contribution in [0.4, 0.5) is 5.69 Å². The minimum atomic E-state index is -0.464. The standard InChI is InChI=1S/C18H26N2O4/c1-4-5-6-11-19-17(22)10-12-20(14(2)21)16-9-7-8-15(13-16)18(23)24-3/h7-9,13H,4-6,10-12H2,1-3H3,(H,19,22). The SMILES string of the molecule is CCCCCNC(=O)CCN(C(C)=O)c1cccc(C(=O)OC)c1. The lowest BCUT2D eigenvalue weighted by Gasteiger charge is -2.21. The molecule has 0 aliphatic heterocycles. The van der Waals surface area contributed by atoms with Crippen LogP contribution in [0.2, 0.25) is 0 Å². The molecule has 1 aromatic rings. The summed E-state index contributed by atoms with van der Waals surface area (Å²) in [6.07, 6.45) is 3.36. The Morgan fingerprint density at radius 1 is 1.21 bits per heavy atom. The van der Waals surface area contributed by atoms with Crippen molar-refractivity contribution in [3.05, 3.63) is 29.8 Å². The Labute approximate surface area is 143 Å². The molecule has 1 aromatic carbocycles. The summed E-state index contributed by atoms with van der Waals surface area (Å²) in [5.74, 6) is -0.730. The molecule has 24 heavy (non-hydrogen) atoms. The maximum Gasteiger partial charge on any atom is 0.337 e. The first-order valence-corrected chi connectivity index (χ1v) is 8.22. The fourth-order valence-corrected chi connectivity index (χ4v) is 2.29. The van der Waals surface area contributed by atoms with Gasteiger partial charge in [0.15, 0.2) is 0 Å². The zero-order valence-electron chi connectivity index (χ0n) is 14.6. The number of carbonyl (C=O) groups excluding carboxylic acids is 3. The van der Waals surface area contributed by atoms with Crippen LogP contribution in [0.3, 0.4) is 0 Å². The molecule has 0 unspecified atom stereocenters. The summed E-state index contributed by atoms with van der Waals surface area (Å²) in [6, 6.07) is 6.62. The van der Waals surface area contributed by atoms with E-state index in [4.69, 9.17) is 0 Å². The van der Waals surface area contributed by atoms with Gasteiger partial charge in [0, 0.05) is 32.1 Å². The number of unbranched alkanes of at least 4 members (excludes halogenated alkanes) is 2. The Bertz CT molecular complexity index is 572. The number of ether oxygens (including phenoxy) is 1. The van der Waals surface area contributed by atoms with Gasteiger partial charge in [0.25, 0.3) is 0 Å². The van der Waals surface area contributed by atoms with Gasteiger partial charge in [-0.15, -0.1) is 0 Å². The molecule has 132 valence electrons. The van der Waals surface area contributed by atoms with E-state index >= 15 is 0 Å². The summed E-state index contributed by atoms with van der Waals surface area (Å²) < 4.78 is 4.69. The van der Waals surface area contributed by atoms with Gasteiger partial charge >= 0.3 is 5.97 Å². The Hall–Kier alpha value is -2.37. The van der Waals surface area contributed by atoms with Crippen molar-refractivity contribution in [2.75, 3.05) is 25.1 Å². The van der Waals surface area contributed by atoms with E-state index < -0.39 is 5.97 Å². The van der Waals surface area contributed by atoms with Crippen LogP contribution in [-0.4, -0.2) is 38.0 Å². The van der Waals surface area contributed by atoms with E-state index in [0.29, 0.717) is 17.8 Å². The highest BCUT2D eigenvalue weighted by atomic mass is 16.5. The monoisotopic (exact) mass is 334 g/mol. The fraction of sp³-hybridized carbons (Fsp3) is 0.500. The van der Waals surface area contributed by atoms with Gasteiger partial charge in [0.05, 0.1) is 12.7 Å². The molecule has 6 heteroatoms. The van der Waals surface area contributed by atoms with Crippen LogP contribution in [-0.2, 0) is 14.3 Å². The number of carbonyl (C=O) groups is 3. The number of esters is 1. The van der Waals surface area contributed by atoms with Crippen molar-refractivity contribution in [1.29, 1.82) is 0 Å². The van der Waals surface area contributed by atoms with Gasteiger partial charge < -0.3 is 15.0 Å². The minimum Gasteiger partial charge on any atom is -0.465 e. The van der Waals surface area contributed by atoms with Crippen LogP contribution in [0.1, 0.15) is 49.9 Å². The molecule has 0 saturated heterocycles. The molecule has 0 heterocycles. The van der Waals surface area contributed by atoms with E-state index in [-0.39, 0.29) is 24.8 Å². The summed E-state index contributed by atoms with van der Waals surface area (Å²) >= 11 is 0. The molecule has 6 nitrogen and oxygen atoms in total. The number of benzene rings is 1. The van der Waals surface area contributed by atoms with Crippen molar-refractivity contribution in [2.24, 2.45) is 0 Å². The van der Waals surface area contributed by atoms with Crippen LogP contribution in [0.15, 0.2) is 24.3 Å². The Morgan fingerprint density at radius 3 is 2.58 bits per heavy atom. The summed E-state index contributed by atoms with van der Waals surface area (Å²) in [5.41, 5.74) is 0.939. The second kappa shape index (κ2) is 10.4. The predicted molar refractivity (Wildman–Crippen MR) is 93.0 cm³/mol. The first-order valence-electron chi connectivity index (χ1n) is 8.22. The molecule has 0 aliphatic carbocycles. The van der Waals surface area contributed by atoms with Crippen LogP contribution in [0.5, 0.6) is 0 Å². The van der Waals surface area contributed by atoms with Gasteiger partial charge in [-0.1, -0.05) is 25.8 Å². The van der Waals surface area contributed by atoms with Crippen LogP contribution in [0, 0.1) is 0 Å². The van der Waals surface area contributed by atoms with E-state index in [0.717, 1.165) is 19.3 Å². The quantitative estimate of drug-likeness (QED) is 0.556. The highest BCUT2D eigenvalue weighted by Gasteiger charge is 2.15. The minimum absolute atomic E-state index is 0.0820. The maximum atomic E-state index is 11.9. The highest BCUT2D eigenvalue weighted by Crippen LogP contribution is 2.17. The molecule has 0 bridgehead atoms. The molecule has 0 aromatic heterocycles. The van der Waals surface area contributed by atoms with Crippen LogP contribution in [0.25, 0.3) is 0 Å². The predicted octanol–water partition coefficient (Wildman–Crippen LogP) is 2.52. The van der Waals surface area contributed by atoms with Gasteiger partial charge in [-0.25, -0.2) is 4.79 Å². The molecule has 1 N–H and O–H groups in total. The van der Waals surface area contributed by atoms with Gasteiger partial charge in [-0.05, 0) is 24.6 Å². The Balaban J connectivity index is 2.66. The number of nitrogens with zero attached hydrogens (tertiary/aromatic N) is 1. The van der Waals surface area contributed by atoms with Crippen molar-refractivity contribution < 1.29 is 19.1 Å². The average Bonchev–Trinajstić information content (AvgIpc) is 2.58. The maximum absolute atomic E-state index is 11.9. The van der Waals surface area contributed by atoms with E-state index in [1.54, 1.807) is 24.3 Å². The third-order valence-corrected chi connectivity index (χ3v) is 3.62. The number of rotatable bonds is 9. The molecular formula is C18H26N2O4. The lowest BCUT2D eigenvalue weighted by Crippen LogP contribution is -2.34. The topological polar surface area (TPSA) is 75.7 Å². The largest absolute Gasteiger partial charge is 0.465 e. The molecule has 0 atom stereocenters. The molecular weight excluding hydrogens is 308 g/mol. The van der Waals surface area contributed by atoms with Gasteiger partial charge in [-0.3, -0.25) is 9.59 Å². The van der Waals surface area contributed by atoms with E-state index in [1.165, 1.54) is 18.9 Å². The molecule has 0 fully saturated rings. The number of hydrogen-bond donors (Lipinski definition) is 1. The third-order valence-electron chi connectivity index (χ3n) is 3.62. The molecule has 0 spiro atoms. The van der Waals surface area contributed by atoms with Crippen LogP contribution >= 0.6 is 0 Å². The number of hydrogen-bond acceptors (Lipinski definition) is 4. The van der Waals surface area contributed by atoms with Gasteiger partial charge in [0.1, 0.15) is 0 Å². The molecule has 1 rings (SSSR count). The van der Waals surface area contributed by atoms with Crippen molar-refractivity contribution in [3.63, 3.8) is 0 Å². The lowest BCUT2D eigenvalue weighted by molar-refractivity contribution is -0.121. The smallest absolute Gasteiger partial charge is 0.337 e. The number of nitrogens with one attached hydrogen (secondary N) is 1. The fourth-order valence-electron chi connectivity index (χ4n) is 2.29. The summed E-state index contributed by atoms with van der Waals surface area (Å²) in [5, 5.41) is 2.85. The Kier molecular flexibility index (Phi) is 8.54. The highest BCUT2D eigenvalue weighted by molar-refractivity contribution is 5.95. The number of methoxy groups -OCH3 is 1. The second-order valence-electron chi connectivity index (χ2n) is 5.52. The second-order valence-corrected chi connectivity index (χ2v) is 5.52. The van der Waals surface area contributed by atoms with Gasteiger partial charge in [0.2, 0.25) is 11.8 Å². The van der Waals surface area contributed by atoms with Crippen molar-refractivity contribution in [2.45, 2.75) is 39.5 Å². The molecule has 0 aliphatic rings. The summed E-state index contributed by atoms with van der Waals surface area (Å²) in [4.78, 5) is 36.8. The average molecular weight is 334 g/mol. The first-order chi connectivity index (χ1) is 11.5. The van der Waals surface area contributed by atoms with E-state index in [2.05, 4.69) is 17.0 Å². The molecule has 2 amide bonds. The van der Waals surface area contributed by atoms with E-state index in [9.17, 15) is 14.4 Å². The zero-order valence-corrected chi connectivity index (χ0v) is 14.6. The number of amides is 2. The third kappa shape index (κ3) is 6.40.